The van der Waals surface area contributed by atoms with Gasteiger partial charge in [-0.3, -0.25) is 9.89 Å². The number of carbonyl (C=O) groups excluding carboxylic acids is 1. The van der Waals surface area contributed by atoms with Gasteiger partial charge in [-0.2, -0.15) is 5.10 Å². The predicted octanol–water partition coefficient (Wildman–Crippen LogP) is 1.74. The van der Waals surface area contributed by atoms with Gasteiger partial charge in [0.05, 0.1) is 12.5 Å². The molecule has 17 heavy (non-hydrogen) atoms. The fraction of sp³-hybridized carbons (Fsp3) is 0.750. The maximum absolute atomic E-state index is 11.5. The zero-order chi connectivity index (χ0) is 11.8. The summed E-state index contributed by atoms with van der Waals surface area (Å²) < 4.78 is 5.00. The molecule has 1 N–H and O–H groups in total. The summed E-state index contributed by atoms with van der Waals surface area (Å²) in [5.41, 5.74) is 0. The van der Waals surface area contributed by atoms with Gasteiger partial charge in [-0.15, -0.1) is 0 Å². The van der Waals surface area contributed by atoms with Gasteiger partial charge in [-0.25, -0.2) is 4.98 Å². The summed E-state index contributed by atoms with van der Waals surface area (Å²) in [7, 11) is 0. The Morgan fingerprint density at radius 3 is 3.00 bits per heavy atom. The molecule has 0 amide bonds. The number of aromatic nitrogens is 3. The number of aromatic amines is 1. The van der Waals surface area contributed by atoms with Crippen molar-refractivity contribution in [1.82, 2.24) is 15.2 Å². The smallest absolute Gasteiger partial charge is 0.309 e. The van der Waals surface area contributed by atoms with E-state index in [0.717, 1.165) is 18.1 Å². The van der Waals surface area contributed by atoms with Crippen LogP contribution >= 0.6 is 0 Å². The summed E-state index contributed by atoms with van der Waals surface area (Å²) in [4.78, 5) is 16.0. The van der Waals surface area contributed by atoms with Crippen LogP contribution in [0.4, 0.5) is 0 Å². The highest BCUT2D eigenvalue weighted by atomic mass is 16.5. The van der Waals surface area contributed by atoms with E-state index in [1.165, 1.54) is 19.3 Å². The highest BCUT2D eigenvalue weighted by molar-refractivity contribution is 5.77. The third-order valence-corrected chi connectivity index (χ3v) is 3.72. The minimum Gasteiger partial charge on any atom is -0.466 e. The lowest BCUT2D eigenvalue weighted by molar-refractivity contribution is -0.144. The second-order valence-electron chi connectivity index (χ2n) is 4.91. The van der Waals surface area contributed by atoms with E-state index < -0.39 is 0 Å². The molecule has 2 fully saturated rings. The third kappa shape index (κ3) is 1.94. The van der Waals surface area contributed by atoms with E-state index in [1.54, 1.807) is 0 Å². The number of carbonyl (C=O) groups is 1. The lowest BCUT2D eigenvalue weighted by atomic mass is 9.85. The Morgan fingerprint density at radius 2 is 2.35 bits per heavy atom. The molecule has 3 rings (SSSR count). The van der Waals surface area contributed by atoms with Crippen molar-refractivity contribution in [3.8, 4) is 0 Å². The topological polar surface area (TPSA) is 67.9 Å². The quantitative estimate of drug-likeness (QED) is 0.807. The van der Waals surface area contributed by atoms with Crippen molar-refractivity contribution in [2.24, 2.45) is 5.92 Å². The van der Waals surface area contributed by atoms with E-state index in [1.807, 2.05) is 6.92 Å². The standard InChI is InChI=1S/C12H17N3O2/c1-2-17-12(16)9-6-8(9)11-13-10(14-15-11)7-4-3-5-7/h7-9H,2-6H2,1H3,(H,13,14,15)/t8-,9-/m1/s1. The van der Waals surface area contributed by atoms with Gasteiger partial charge in [0.15, 0.2) is 5.82 Å². The van der Waals surface area contributed by atoms with Crippen molar-refractivity contribution >= 4 is 5.97 Å². The molecule has 0 spiro atoms. The predicted molar refractivity (Wildman–Crippen MR) is 60.5 cm³/mol. The minimum absolute atomic E-state index is 0.00265. The summed E-state index contributed by atoms with van der Waals surface area (Å²) in [5.74, 6) is 2.44. The van der Waals surface area contributed by atoms with Crippen LogP contribution in [0.3, 0.4) is 0 Å². The number of ether oxygens (including phenoxy) is 1. The van der Waals surface area contributed by atoms with Crippen molar-refractivity contribution in [1.29, 1.82) is 0 Å². The van der Waals surface area contributed by atoms with Crippen LogP contribution in [0.15, 0.2) is 0 Å². The molecule has 0 aliphatic heterocycles. The van der Waals surface area contributed by atoms with Gasteiger partial charge in [0.1, 0.15) is 5.82 Å². The fourth-order valence-corrected chi connectivity index (χ4v) is 2.31. The number of hydrogen-bond acceptors (Lipinski definition) is 4. The van der Waals surface area contributed by atoms with Gasteiger partial charge in [0, 0.05) is 11.8 Å². The molecule has 2 aliphatic rings. The number of nitrogens with one attached hydrogen (secondary N) is 1. The van der Waals surface area contributed by atoms with Crippen LogP contribution in [0.2, 0.25) is 0 Å². The fourth-order valence-electron chi connectivity index (χ4n) is 2.31. The Hall–Kier alpha value is -1.39. The number of nitrogens with zero attached hydrogens (tertiary/aromatic N) is 2. The Bertz CT molecular complexity index is 425. The van der Waals surface area contributed by atoms with Gasteiger partial charge in [0.2, 0.25) is 0 Å². The van der Waals surface area contributed by atoms with E-state index in [0.29, 0.717) is 12.5 Å². The average Bonchev–Trinajstić information content (AvgIpc) is 2.91. The summed E-state index contributed by atoms with van der Waals surface area (Å²) in [6.45, 7) is 2.28. The summed E-state index contributed by atoms with van der Waals surface area (Å²) in [6, 6.07) is 0. The van der Waals surface area contributed by atoms with Crippen molar-refractivity contribution in [2.45, 2.75) is 44.4 Å². The van der Waals surface area contributed by atoms with E-state index in [2.05, 4.69) is 15.2 Å². The Morgan fingerprint density at radius 1 is 1.53 bits per heavy atom. The highest BCUT2D eigenvalue weighted by Gasteiger charge is 2.47. The Kier molecular flexibility index (Phi) is 2.61. The Balaban J connectivity index is 1.62. The van der Waals surface area contributed by atoms with Gasteiger partial charge in [-0.05, 0) is 26.2 Å². The second-order valence-corrected chi connectivity index (χ2v) is 4.91. The van der Waals surface area contributed by atoms with E-state index in [-0.39, 0.29) is 17.8 Å². The molecule has 0 bridgehead atoms. The van der Waals surface area contributed by atoms with Crippen molar-refractivity contribution in [2.75, 3.05) is 6.61 Å². The molecule has 5 heteroatoms. The molecule has 1 heterocycles. The van der Waals surface area contributed by atoms with Crippen molar-refractivity contribution in [3.63, 3.8) is 0 Å². The zero-order valence-electron chi connectivity index (χ0n) is 9.98. The maximum atomic E-state index is 11.5. The number of esters is 1. The van der Waals surface area contributed by atoms with Gasteiger partial charge in [0.25, 0.3) is 0 Å². The van der Waals surface area contributed by atoms with Crippen LogP contribution in [0.25, 0.3) is 0 Å². The second kappa shape index (κ2) is 4.13. The molecule has 1 aromatic rings. The van der Waals surface area contributed by atoms with Crippen molar-refractivity contribution in [3.05, 3.63) is 11.6 Å². The molecular weight excluding hydrogens is 218 g/mol. The largest absolute Gasteiger partial charge is 0.466 e. The maximum Gasteiger partial charge on any atom is 0.309 e. The SMILES string of the molecule is CCOC(=O)[C@@H]1C[C@H]1c1nc(C2CCC2)n[nH]1. The molecule has 2 atom stereocenters. The van der Waals surface area contributed by atoms with Gasteiger partial charge in [-0.1, -0.05) is 6.42 Å². The molecule has 0 saturated heterocycles. The molecule has 5 nitrogen and oxygen atoms in total. The van der Waals surface area contributed by atoms with Gasteiger partial charge >= 0.3 is 5.97 Å². The van der Waals surface area contributed by atoms with Crippen LogP contribution < -0.4 is 0 Å². The lowest BCUT2D eigenvalue weighted by Gasteiger charge is -2.21. The van der Waals surface area contributed by atoms with Crippen LogP contribution in [0.5, 0.6) is 0 Å². The molecule has 1 aromatic heterocycles. The first-order chi connectivity index (χ1) is 8.29. The molecule has 0 radical (unpaired) electrons. The Labute approximate surface area is 100.0 Å². The monoisotopic (exact) mass is 235 g/mol. The van der Waals surface area contributed by atoms with Crippen LogP contribution in [-0.4, -0.2) is 27.8 Å². The first-order valence-corrected chi connectivity index (χ1v) is 6.38. The van der Waals surface area contributed by atoms with Crippen LogP contribution in [0, 0.1) is 5.92 Å². The van der Waals surface area contributed by atoms with Crippen LogP contribution in [-0.2, 0) is 9.53 Å². The molecule has 92 valence electrons. The molecular formula is C12H17N3O2. The molecule has 0 unspecified atom stereocenters. The summed E-state index contributed by atoms with van der Waals surface area (Å²) in [6.07, 6.45) is 4.52. The van der Waals surface area contributed by atoms with E-state index in [9.17, 15) is 4.79 Å². The molecule has 0 aromatic carbocycles. The minimum atomic E-state index is -0.0981. The number of hydrogen-bond donors (Lipinski definition) is 1. The molecule has 2 aliphatic carbocycles. The summed E-state index contributed by atoms with van der Waals surface area (Å²) >= 11 is 0. The normalized spacial score (nSPS) is 27.6. The first kappa shape index (κ1) is 10.7. The number of rotatable bonds is 4. The first-order valence-electron chi connectivity index (χ1n) is 6.38. The van der Waals surface area contributed by atoms with E-state index >= 15 is 0 Å². The average molecular weight is 235 g/mol. The van der Waals surface area contributed by atoms with Crippen LogP contribution in [0.1, 0.15) is 56.1 Å². The van der Waals surface area contributed by atoms with Gasteiger partial charge < -0.3 is 4.74 Å². The summed E-state index contributed by atoms with van der Waals surface area (Å²) in [5, 5.41) is 7.23. The number of H-pyrrole nitrogens is 1. The lowest BCUT2D eigenvalue weighted by Crippen LogP contribution is -2.10. The van der Waals surface area contributed by atoms with E-state index in [4.69, 9.17) is 4.74 Å². The zero-order valence-corrected chi connectivity index (χ0v) is 9.98. The molecule has 2 saturated carbocycles. The third-order valence-electron chi connectivity index (χ3n) is 3.72. The highest BCUT2D eigenvalue weighted by Crippen LogP contribution is 2.47. The van der Waals surface area contributed by atoms with Crippen molar-refractivity contribution < 1.29 is 9.53 Å².